The number of halogens is 5. The molecule has 2 aromatic heterocycles. The summed E-state index contributed by atoms with van der Waals surface area (Å²) in [6.45, 7) is 4.03. The van der Waals surface area contributed by atoms with Gasteiger partial charge in [0, 0.05) is 28.9 Å². The van der Waals surface area contributed by atoms with E-state index < -0.39 is 35.5 Å². The van der Waals surface area contributed by atoms with Gasteiger partial charge < -0.3 is 5.11 Å². The van der Waals surface area contributed by atoms with Gasteiger partial charge in [0.1, 0.15) is 5.82 Å². The molecule has 1 fully saturated rings. The number of fused-ring (bicyclic) bond motifs is 1. The largest absolute Gasteiger partial charge is 0.418 e. The lowest BCUT2D eigenvalue weighted by atomic mass is 9.71. The molecular weight excluding hydrogens is 487 g/mol. The van der Waals surface area contributed by atoms with Crippen LogP contribution in [0.5, 0.6) is 0 Å². The van der Waals surface area contributed by atoms with E-state index in [1.807, 2.05) is 13.8 Å². The van der Waals surface area contributed by atoms with Crippen LogP contribution in [0.15, 0.2) is 42.6 Å². The minimum atomic E-state index is -4.80. The van der Waals surface area contributed by atoms with Crippen LogP contribution in [0.4, 0.5) is 22.0 Å². The molecule has 2 unspecified atom stereocenters. The van der Waals surface area contributed by atoms with E-state index in [1.165, 1.54) is 24.3 Å². The van der Waals surface area contributed by atoms with Crippen molar-refractivity contribution in [1.29, 1.82) is 0 Å². The van der Waals surface area contributed by atoms with Crippen LogP contribution in [0.3, 0.4) is 0 Å². The predicted octanol–water partition coefficient (Wildman–Crippen LogP) is 8.02. The first-order valence-corrected chi connectivity index (χ1v) is 12.6. The molecule has 2 heterocycles. The maximum absolute atomic E-state index is 16.7. The van der Waals surface area contributed by atoms with E-state index in [-0.39, 0.29) is 16.9 Å². The van der Waals surface area contributed by atoms with Gasteiger partial charge >= 0.3 is 6.18 Å². The number of pyridine rings is 2. The molecule has 0 spiro atoms. The zero-order valence-electron chi connectivity index (χ0n) is 20.7. The van der Waals surface area contributed by atoms with Gasteiger partial charge in [-0.3, -0.25) is 9.97 Å². The first kappa shape index (κ1) is 25.8. The number of benzene rings is 1. The van der Waals surface area contributed by atoms with Crippen LogP contribution in [-0.4, -0.2) is 15.1 Å². The second-order valence-corrected chi connectivity index (χ2v) is 11.0. The topological polar surface area (TPSA) is 46.0 Å². The molecule has 8 heteroatoms. The molecule has 0 radical (unpaired) electrons. The highest BCUT2D eigenvalue weighted by molar-refractivity contribution is 5.75. The third-order valence-electron chi connectivity index (χ3n) is 7.62. The fourth-order valence-electron chi connectivity index (χ4n) is 6.02. The first-order chi connectivity index (χ1) is 17.5. The predicted molar refractivity (Wildman–Crippen MR) is 130 cm³/mol. The summed E-state index contributed by atoms with van der Waals surface area (Å²) in [4.78, 5) is 8.75. The lowest BCUT2D eigenvalue weighted by Gasteiger charge is -2.37. The van der Waals surface area contributed by atoms with Gasteiger partial charge in [-0.05, 0) is 66.5 Å². The number of hydrogen-bond acceptors (Lipinski definition) is 3. The number of nitrogens with zero attached hydrogens (tertiary/aromatic N) is 2. The van der Waals surface area contributed by atoms with Gasteiger partial charge in [-0.1, -0.05) is 38.8 Å². The van der Waals surface area contributed by atoms with Gasteiger partial charge in [-0.15, -0.1) is 0 Å². The average molecular weight is 517 g/mol. The highest BCUT2D eigenvalue weighted by Gasteiger charge is 2.42. The van der Waals surface area contributed by atoms with Gasteiger partial charge in [0.2, 0.25) is 0 Å². The van der Waals surface area contributed by atoms with Crippen molar-refractivity contribution in [3.05, 3.63) is 82.2 Å². The van der Waals surface area contributed by atoms with Crippen LogP contribution in [0.1, 0.15) is 97.9 Å². The Morgan fingerprint density at radius 1 is 1.05 bits per heavy atom. The number of aliphatic hydroxyl groups excluding tert-OH is 1. The Kier molecular flexibility index (Phi) is 6.59. The quantitative estimate of drug-likeness (QED) is 0.357. The second kappa shape index (κ2) is 9.46. The lowest BCUT2D eigenvalue weighted by molar-refractivity contribution is -0.139. The molecule has 2 aliphatic carbocycles. The molecule has 0 saturated heterocycles. The Bertz CT molecular complexity index is 1300. The molecule has 0 bridgehead atoms. The number of aromatic nitrogens is 2. The van der Waals surface area contributed by atoms with E-state index in [2.05, 4.69) is 4.98 Å². The molecule has 2 aliphatic rings. The summed E-state index contributed by atoms with van der Waals surface area (Å²) in [6.07, 6.45) is -2.67. The first-order valence-electron chi connectivity index (χ1n) is 12.6. The third kappa shape index (κ3) is 4.88. The number of rotatable bonds is 4. The summed E-state index contributed by atoms with van der Waals surface area (Å²) in [6, 6.07) is 7.38. The van der Waals surface area contributed by atoms with Crippen molar-refractivity contribution in [3.8, 4) is 11.1 Å². The SMILES string of the molecule is CC1(C)Cc2nc(C3CCCC3)c(C(F)c3ncccc3C(F)(F)F)c(-c3ccc(F)cc3)c2C(O)C1. The van der Waals surface area contributed by atoms with Crippen molar-refractivity contribution < 1.29 is 27.1 Å². The minimum Gasteiger partial charge on any atom is -0.388 e. The van der Waals surface area contributed by atoms with E-state index >= 15 is 4.39 Å². The van der Waals surface area contributed by atoms with Crippen LogP contribution < -0.4 is 0 Å². The molecular formula is C29H29F5N2O. The maximum Gasteiger partial charge on any atom is 0.418 e. The van der Waals surface area contributed by atoms with Crippen molar-refractivity contribution in [1.82, 2.24) is 9.97 Å². The molecule has 37 heavy (non-hydrogen) atoms. The van der Waals surface area contributed by atoms with E-state index in [1.54, 1.807) is 0 Å². The van der Waals surface area contributed by atoms with Gasteiger partial charge in [0.15, 0.2) is 6.17 Å². The Morgan fingerprint density at radius 3 is 2.38 bits per heavy atom. The van der Waals surface area contributed by atoms with Gasteiger partial charge in [-0.2, -0.15) is 13.2 Å². The third-order valence-corrected chi connectivity index (χ3v) is 7.62. The zero-order chi connectivity index (χ0) is 26.5. The van der Waals surface area contributed by atoms with Crippen molar-refractivity contribution >= 4 is 0 Å². The second-order valence-electron chi connectivity index (χ2n) is 11.0. The Hall–Kier alpha value is -2.87. The lowest BCUT2D eigenvalue weighted by Crippen LogP contribution is -2.29. The van der Waals surface area contributed by atoms with Gasteiger partial charge in [-0.25, -0.2) is 8.78 Å². The summed E-state index contributed by atoms with van der Waals surface area (Å²) in [5, 5.41) is 11.3. The number of alkyl halides is 4. The summed E-state index contributed by atoms with van der Waals surface area (Å²) in [7, 11) is 0. The maximum atomic E-state index is 16.7. The fourth-order valence-corrected chi connectivity index (χ4v) is 6.02. The molecule has 196 valence electrons. The molecule has 0 aliphatic heterocycles. The fraction of sp³-hybridized carbons (Fsp3) is 0.448. The minimum absolute atomic E-state index is 0.000198. The van der Waals surface area contributed by atoms with Crippen LogP contribution in [-0.2, 0) is 12.6 Å². The standard InChI is InChI=1S/C29H29F5N2O/c1-28(2)14-20-23(21(37)15-28)22(16-9-11-18(30)12-10-16)24(26(36-20)17-6-3-4-7-17)25(31)27-19(29(32,33)34)8-5-13-35-27/h5,8-13,17,21,25,37H,3-4,6-7,14-15H2,1-2H3. The van der Waals surface area contributed by atoms with Crippen LogP contribution in [0.2, 0.25) is 0 Å². The Labute approximate surface area is 212 Å². The van der Waals surface area contributed by atoms with E-state index in [0.29, 0.717) is 40.9 Å². The van der Waals surface area contributed by atoms with Crippen molar-refractivity contribution in [2.75, 3.05) is 0 Å². The van der Waals surface area contributed by atoms with Crippen LogP contribution in [0, 0.1) is 11.2 Å². The highest BCUT2D eigenvalue weighted by Crippen LogP contribution is 2.51. The summed E-state index contributed by atoms with van der Waals surface area (Å²) in [5.74, 6) is -0.621. The molecule has 5 rings (SSSR count). The molecule has 1 saturated carbocycles. The molecule has 1 aromatic carbocycles. The van der Waals surface area contributed by atoms with Crippen molar-refractivity contribution in [2.24, 2.45) is 5.41 Å². The molecule has 3 nitrogen and oxygen atoms in total. The number of hydrogen-bond donors (Lipinski definition) is 1. The van der Waals surface area contributed by atoms with Gasteiger partial charge in [0.25, 0.3) is 0 Å². The van der Waals surface area contributed by atoms with E-state index in [4.69, 9.17) is 4.98 Å². The molecule has 0 amide bonds. The summed E-state index contributed by atoms with van der Waals surface area (Å²) < 4.78 is 72.3. The summed E-state index contributed by atoms with van der Waals surface area (Å²) in [5.41, 5.74) is 0.0449. The zero-order valence-corrected chi connectivity index (χ0v) is 20.7. The normalized spacial score (nSPS) is 20.6. The molecule has 3 aromatic rings. The number of aliphatic hydroxyl groups is 1. The van der Waals surface area contributed by atoms with E-state index in [9.17, 15) is 22.7 Å². The van der Waals surface area contributed by atoms with Crippen LogP contribution >= 0.6 is 0 Å². The van der Waals surface area contributed by atoms with Crippen LogP contribution in [0.25, 0.3) is 11.1 Å². The summed E-state index contributed by atoms with van der Waals surface area (Å²) >= 11 is 0. The Morgan fingerprint density at radius 2 is 1.73 bits per heavy atom. The van der Waals surface area contributed by atoms with E-state index in [0.717, 1.165) is 44.0 Å². The average Bonchev–Trinajstić information content (AvgIpc) is 3.37. The van der Waals surface area contributed by atoms with Crippen molar-refractivity contribution in [2.45, 2.75) is 76.7 Å². The monoisotopic (exact) mass is 516 g/mol. The Balaban J connectivity index is 1.85. The van der Waals surface area contributed by atoms with Gasteiger partial charge in [0.05, 0.1) is 23.1 Å². The molecule has 2 atom stereocenters. The smallest absolute Gasteiger partial charge is 0.388 e. The molecule has 1 N–H and O–H groups in total. The van der Waals surface area contributed by atoms with Crippen molar-refractivity contribution in [3.63, 3.8) is 0 Å². The highest BCUT2D eigenvalue weighted by atomic mass is 19.4.